The van der Waals surface area contributed by atoms with E-state index >= 15 is 0 Å². The number of hydrogen-bond acceptors (Lipinski definition) is 8. The number of anilines is 2. The van der Waals surface area contributed by atoms with E-state index in [0.717, 1.165) is 52.1 Å². The Bertz CT molecular complexity index is 2240. The number of primary amides is 1. The van der Waals surface area contributed by atoms with Gasteiger partial charge >= 0.3 is 0 Å². The summed E-state index contributed by atoms with van der Waals surface area (Å²) in [6, 6.07) is 19.5. The largest absolute Gasteiger partial charge is 0.369 e. The van der Waals surface area contributed by atoms with E-state index in [1.54, 1.807) is 18.3 Å². The van der Waals surface area contributed by atoms with Crippen molar-refractivity contribution < 1.29 is 13.2 Å². The van der Waals surface area contributed by atoms with Crippen molar-refractivity contribution in [3.8, 4) is 11.4 Å². The van der Waals surface area contributed by atoms with Crippen LogP contribution in [0.1, 0.15) is 60.2 Å². The molecule has 7 rings (SSSR count). The third-order valence-corrected chi connectivity index (χ3v) is 12.1. The molecule has 10 nitrogen and oxygen atoms in total. The summed E-state index contributed by atoms with van der Waals surface area (Å²) in [5, 5.41) is 0.817. The zero-order valence-corrected chi connectivity index (χ0v) is 31.2. The molecule has 1 atom stereocenters. The number of rotatable bonds is 8. The number of amides is 1. The van der Waals surface area contributed by atoms with E-state index < -0.39 is 10.0 Å². The molecule has 1 saturated heterocycles. The normalized spacial score (nSPS) is 17.0. The van der Waals surface area contributed by atoms with Gasteiger partial charge in [-0.3, -0.25) is 9.69 Å². The molecule has 0 bridgehead atoms. The molecule has 0 unspecified atom stereocenters. The summed E-state index contributed by atoms with van der Waals surface area (Å²) in [4.78, 5) is 29.5. The molecule has 2 aromatic heterocycles. The molecular weight excluding hydrogens is 659 g/mol. The van der Waals surface area contributed by atoms with Crippen LogP contribution in [0.2, 0.25) is 0 Å². The smallest absolute Gasteiger partial charge is 0.268 e. The van der Waals surface area contributed by atoms with Crippen LogP contribution < -0.4 is 15.5 Å². The van der Waals surface area contributed by atoms with Crippen LogP contribution in [0.5, 0.6) is 0 Å². The summed E-state index contributed by atoms with van der Waals surface area (Å²) in [7, 11) is -3.84. The summed E-state index contributed by atoms with van der Waals surface area (Å²) in [6.07, 6.45) is 2.45. The van der Waals surface area contributed by atoms with E-state index in [-0.39, 0.29) is 23.4 Å². The van der Waals surface area contributed by atoms with Crippen molar-refractivity contribution in [1.82, 2.24) is 18.8 Å². The van der Waals surface area contributed by atoms with Crippen molar-refractivity contribution in [3.63, 3.8) is 0 Å². The fourth-order valence-electron chi connectivity index (χ4n) is 7.66. The third kappa shape index (κ3) is 6.49. The van der Waals surface area contributed by atoms with Crippen molar-refractivity contribution in [2.75, 3.05) is 42.5 Å². The van der Waals surface area contributed by atoms with E-state index in [9.17, 15) is 13.2 Å². The highest BCUT2D eigenvalue weighted by molar-refractivity contribution is 7.90. The van der Waals surface area contributed by atoms with Gasteiger partial charge in [0.2, 0.25) is 5.91 Å². The quantitative estimate of drug-likeness (QED) is 0.211. The molecule has 0 radical (unpaired) electrons. The Hall–Kier alpha value is -4.74. The van der Waals surface area contributed by atoms with Crippen molar-refractivity contribution in [1.29, 1.82) is 0 Å². The second-order valence-corrected chi connectivity index (χ2v) is 16.4. The lowest BCUT2D eigenvalue weighted by Crippen LogP contribution is -2.54. The van der Waals surface area contributed by atoms with Crippen LogP contribution in [-0.2, 0) is 27.8 Å². The molecule has 2 aliphatic heterocycles. The molecule has 0 aliphatic carbocycles. The highest BCUT2D eigenvalue weighted by Crippen LogP contribution is 2.38. The second-order valence-electron chi connectivity index (χ2n) is 14.5. The van der Waals surface area contributed by atoms with Gasteiger partial charge in [0, 0.05) is 73.6 Å². The Morgan fingerprint density at radius 3 is 2.43 bits per heavy atom. The van der Waals surface area contributed by atoms with Crippen LogP contribution in [0.25, 0.3) is 22.3 Å². The van der Waals surface area contributed by atoms with Crippen LogP contribution in [-0.4, -0.2) is 71.9 Å². The average Bonchev–Trinajstić information content (AvgIpc) is 3.45. The van der Waals surface area contributed by atoms with Crippen molar-refractivity contribution >= 4 is 38.3 Å². The van der Waals surface area contributed by atoms with Gasteiger partial charge < -0.3 is 15.5 Å². The Morgan fingerprint density at radius 2 is 1.73 bits per heavy atom. The van der Waals surface area contributed by atoms with Crippen LogP contribution in [0, 0.1) is 20.8 Å². The maximum absolute atomic E-state index is 13.9. The molecule has 266 valence electrons. The van der Waals surface area contributed by atoms with E-state index in [1.165, 1.54) is 20.8 Å². The molecule has 2 N–H and O–H groups in total. The summed E-state index contributed by atoms with van der Waals surface area (Å²) in [5.41, 5.74) is 14.7. The highest BCUT2D eigenvalue weighted by Gasteiger charge is 2.32. The number of piperazine rings is 1. The topological polar surface area (TPSA) is 118 Å². The molecule has 5 aromatic rings. The second kappa shape index (κ2) is 13.4. The Morgan fingerprint density at radius 1 is 0.961 bits per heavy atom. The fraction of sp³-hybridized carbons (Fsp3) is 0.375. The molecule has 0 saturated carbocycles. The summed E-state index contributed by atoms with van der Waals surface area (Å²) in [6.45, 7) is 16.5. The SMILES string of the molecule is Cc1ccc(S(=O)(=O)n2cc(C)c3c(-c4nc5c(c(N6CCN(CC(N)=O)C[C@H]6C)n4)CN(c4cc(C(C)C)ccc4C)CC5)cccc32)cc1. The molecular formula is C40H47N7O3S. The third-order valence-electron chi connectivity index (χ3n) is 10.4. The van der Waals surface area contributed by atoms with Gasteiger partial charge in [-0.25, -0.2) is 22.4 Å². The number of benzene rings is 3. The first-order valence-corrected chi connectivity index (χ1v) is 19.2. The fourth-order valence-corrected chi connectivity index (χ4v) is 9.07. The van der Waals surface area contributed by atoms with Crippen LogP contribution in [0.3, 0.4) is 0 Å². The van der Waals surface area contributed by atoms with E-state index in [4.69, 9.17) is 15.7 Å². The summed E-state index contributed by atoms with van der Waals surface area (Å²) >= 11 is 0. The van der Waals surface area contributed by atoms with Gasteiger partial charge in [-0.05, 0) is 74.6 Å². The average molecular weight is 706 g/mol. The maximum Gasteiger partial charge on any atom is 0.268 e. The Labute approximate surface area is 301 Å². The number of carbonyl (C=O) groups is 1. The van der Waals surface area contributed by atoms with Crippen LogP contribution in [0.15, 0.2) is 71.8 Å². The van der Waals surface area contributed by atoms with Gasteiger partial charge in [-0.15, -0.1) is 0 Å². The molecule has 2 aliphatic rings. The van der Waals surface area contributed by atoms with Gasteiger partial charge in [0.15, 0.2) is 5.82 Å². The molecule has 51 heavy (non-hydrogen) atoms. The molecule has 11 heteroatoms. The van der Waals surface area contributed by atoms with Crippen LogP contribution in [0.4, 0.5) is 11.5 Å². The molecule has 1 amide bonds. The standard InChI is InChI=1S/C40H47N7O3S/c1-25(2)30-13-12-27(4)36(20-30)45-17-16-34-33(23-45)40(46-19-18-44(22-29(46)6)24-37(41)48)43-39(42-34)32-8-7-9-35-38(32)28(5)21-47(35)51(49,50)31-14-10-26(3)11-15-31/h7-15,20-21,25,29H,16-19,22-24H2,1-6H3,(H2,41,48)/t29-/m1/s1. The van der Waals surface area contributed by atoms with Gasteiger partial charge in [-0.2, -0.15) is 0 Å². The Kier molecular flexibility index (Phi) is 9.14. The first-order valence-electron chi connectivity index (χ1n) is 17.8. The first-order chi connectivity index (χ1) is 24.3. The lowest BCUT2D eigenvalue weighted by atomic mass is 9.97. The van der Waals surface area contributed by atoms with Crippen molar-refractivity contribution in [2.24, 2.45) is 5.73 Å². The maximum atomic E-state index is 13.9. The molecule has 3 aromatic carbocycles. The summed E-state index contributed by atoms with van der Waals surface area (Å²) < 4.78 is 29.2. The zero-order chi connectivity index (χ0) is 36.2. The van der Waals surface area contributed by atoms with E-state index in [2.05, 4.69) is 60.6 Å². The monoisotopic (exact) mass is 705 g/mol. The zero-order valence-electron chi connectivity index (χ0n) is 30.3. The van der Waals surface area contributed by atoms with Crippen LogP contribution >= 0.6 is 0 Å². The minimum Gasteiger partial charge on any atom is -0.369 e. The predicted octanol–water partition coefficient (Wildman–Crippen LogP) is 5.94. The number of aromatic nitrogens is 3. The van der Waals surface area contributed by atoms with Gasteiger partial charge in [0.25, 0.3) is 10.0 Å². The Balaban J connectivity index is 1.35. The number of fused-ring (bicyclic) bond motifs is 2. The highest BCUT2D eigenvalue weighted by atomic mass is 32.2. The van der Waals surface area contributed by atoms with Gasteiger partial charge in [0.1, 0.15) is 5.82 Å². The number of carbonyl (C=O) groups excluding carboxylic acids is 1. The van der Waals surface area contributed by atoms with Gasteiger partial charge in [-0.1, -0.05) is 55.8 Å². The lowest BCUT2D eigenvalue weighted by molar-refractivity contribution is -0.119. The number of hydrogen-bond donors (Lipinski definition) is 1. The van der Waals surface area contributed by atoms with Crippen molar-refractivity contribution in [2.45, 2.75) is 71.4 Å². The minimum atomic E-state index is -3.84. The first kappa shape index (κ1) is 34.7. The summed E-state index contributed by atoms with van der Waals surface area (Å²) in [5.74, 6) is 1.58. The van der Waals surface area contributed by atoms with E-state index in [0.29, 0.717) is 43.4 Å². The lowest BCUT2D eigenvalue weighted by Gasteiger charge is -2.42. The number of aryl methyl sites for hydroxylation is 3. The van der Waals surface area contributed by atoms with Gasteiger partial charge in [0.05, 0.1) is 22.7 Å². The number of nitrogens with zero attached hydrogens (tertiary/aromatic N) is 6. The molecule has 1 fully saturated rings. The number of nitrogens with two attached hydrogens (primary N) is 1. The minimum absolute atomic E-state index is 0.0737. The molecule has 0 spiro atoms. The predicted molar refractivity (Wildman–Crippen MR) is 204 cm³/mol. The van der Waals surface area contributed by atoms with Crippen molar-refractivity contribution in [3.05, 3.63) is 100 Å². The van der Waals surface area contributed by atoms with E-state index in [1.807, 2.05) is 44.2 Å². The molecule has 4 heterocycles.